The number of fused-ring (bicyclic) bond motifs is 2. The molecule has 1 aromatic heterocycles. The molecule has 1 aliphatic rings. The second-order valence-corrected chi connectivity index (χ2v) is 7.19. The van der Waals surface area contributed by atoms with Gasteiger partial charge in [0.2, 0.25) is 5.78 Å². The highest BCUT2D eigenvalue weighted by molar-refractivity contribution is 6.15. The number of aromatic nitrogens is 1. The van der Waals surface area contributed by atoms with Gasteiger partial charge in [0.25, 0.3) is 0 Å². The molecule has 30 heavy (non-hydrogen) atoms. The van der Waals surface area contributed by atoms with Gasteiger partial charge in [-0.25, -0.2) is 4.39 Å². The molecule has 0 saturated carbocycles. The summed E-state index contributed by atoms with van der Waals surface area (Å²) in [5, 5.41) is 1.05. The fourth-order valence-electron chi connectivity index (χ4n) is 3.66. The van der Waals surface area contributed by atoms with Gasteiger partial charge in [-0.05, 0) is 30.3 Å². The third-order valence-corrected chi connectivity index (χ3v) is 5.21. The number of aryl methyl sites for hydroxylation is 1. The number of nitrogens with zero attached hydrogens (tertiary/aromatic N) is 1. The molecule has 5 heteroatoms. The van der Waals surface area contributed by atoms with Gasteiger partial charge in [-0.2, -0.15) is 0 Å². The van der Waals surface area contributed by atoms with E-state index in [1.54, 1.807) is 42.5 Å². The standard InChI is InChI=1S/C25H18FNO3/c1-27-14-17(19-7-3-5-9-22(19)27)12-24-25(28)20-11-10-18(13-23(20)30-24)29-15-16-6-2-4-8-21(16)26/h2-14H,15H2,1H3/b24-12-. The van der Waals surface area contributed by atoms with Crippen LogP contribution in [0.25, 0.3) is 17.0 Å². The van der Waals surface area contributed by atoms with Crippen molar-refractivity contribution in [2.75, 3.05) is 0 Å². The van der Waals surface area contributed by atoms with E-state index in [0.29, 0.717) is 22.6 Å². The van der Waals surface area contributed by atoms with Crippen molar-refractivity contribution in [3.05, 3.63) is 101 Å². The van der Waals surface area contributed by atoms with E-state index in [-0.39, 0.29) is 24.0 Å². The molecule has 0 amide bonds. The summed E-state index contributed by atoms with van der Waals surface area (Å²) >= 11 is 0. The number of allylic oxidation sites excluding steroid dienone is 1. The smallest absolute Gasteiger partial charge is 0.231 e. The van der Waals surface area contributed by atoms with Crippen molar-refractivity contribution in [1.82, 2.24) is 4.57 Å². The van der Waals surface area contributed by atoms with Crippen LogP contribution in [-0.2, 0) is 13.7 Å². The quantitative estimate of drug-likeness (QED) is 0.425. The number of para-hydroxylation sites is 1. The number of carbonyl (C=O) groups excluding carboxylic acids is 1. The van der Waals surface area contributed by atoms with E-state index in [0.717, 1.165) is 16.5 Å². The van der Waals surface area contributed by atoms with E-state index in [2.05, 4.69) is 0 Å². The SMILES string of the molecule is Cn1cc(/C=C2\Oc3cc(OCc4ccccc4F)ccc3C2=O)c2ccccc21. The molecule has 0 saturated heterocycles. The van der Waals surface area contributed by atoms with Gasteiger partial charge in [0.1, 0.15) is 23.9 Å². The number of Topliss-reactive ketones (excluding diaryl/α,β-unsaturated/α-hetero) is 1. The Hall–Kier alpha value is -3.86. The van der Waals surface area contributed by atoms with Crippen LogP contribution in [0.15, 0.2) is 78.7 Å². The fourth-order valence-corrected chi connectivity index (χ4v) is 3.66. The van der Waals surface area contributed by atoms with Crippen molar-refractivity contribution in [2.45, 2.75) is 6.61 Å². The highest BCUT2D eigenvalue weighted by Crippen LogP contribution is 2.36. The molecule has 0 N–H and O–H groups in total. The van der Waals surface area contributed by atoms with Crippen LogP contribution >= 0.6 is 0 Å². The van der Waals surface area contributed by atoms with Crippen LogP contribution in [-0.4, -0.2) is 10.4 Å². The fraction of sp³-hybridized carbons (Fsp3) is 0.0800. The molecule has 4 aromatic rings. The third-order valence-electron chi connectivity index (χ3n) is 5.21. The predicted octanol–water partition coefficient (Wildman–Crippen LogP) is 5.51. The number of ether oxygens (including phenoxy) is 2. The van der Waals surface area contributed by atoms with Gasteiger partial charge >= 0.3 is 0 Å². The number of halogens is 1. The second-order valence-electron chi connectivity index (χ2n) is 7.19. The van der Waals surface area contributed by atoms with Crippen molar-refractivity contribution in [1.29, 1.82) is 0 Å². The Labute approximate surface area is 172 Å². The van der Waals surface area contributed by atoms with Crippen LogP contribution in [0, 0.1) is 5.82 Å². The highest BCUT2D eigenvalue weighted by Gasteiger charge is 2.28. The van der Waals surface area contributed by atoms with Crippen LogP contribution in [0.2, 0.25) is 0 Å². The Kier molecular flexibility index (Phi) is 4.36. The maximum Gasteiger partial charge on any atom is 0.231 e. The number of ketones is 1. The third kappa shape index (κ3) is 3.14. The van der Waals surface area contributed by atoms with E-state index in [1.165, 1.54) is 6.07 Å². The first kappa shape index (κ1) is 18.2. The molecule has 0 fully saturated rings. The largest absolute Gasteiger partial charge is 0.489 e. The Balaban J connectivity index is 1.40. The molecule has 0 unspecified atom stereocenters. The molecular formula is C25H18FNO3. The molecule has 1 aliphatic heterocycles. The first-order chi connectivity index (χ1) is 14.6. The summed E-state index contributed by atoms with van der Waals surface area (Å²) in [6.45, 7) is 0.0953. The predicted molar refractivity (Wildman–Crippen MR) is 113 cm³/mol. The van der Waals surface area contributed by atoms with Crippen molar-refractivity contribution in [2.24, 2.45) is 7.05 Å². The van der Waals surface area contributed by atoms with E-state index in [4.69, 9.17) is 9.47 Å². The average Bonchev–Trinajstić information content (AvgIpc) is 3.24. The summed E-state index contributed by atoms with van der Waals surface area (Å²) in [7, 11) is 1.97. The van der Waals surface area contributed by atoms with Crippen LogP contribution in [0.1, 0.15) is 21.5 Å². The summed E-state index contributed by atoms with van der Waals surface area (Å²) in [6, 6.07) is 19.5. The molecule has 0 atom stereocenters. The summed E-state index contributed by atoms with van der Waals surface area (Å²) in [4.78, 5) is 12.8. The maximum atomic E-state index is 13.8. The summed E-state index contributed by atoms with van der Waals surface area (Å²) in [6.07, 6.45) is 3.74. The molecule has 0 bridgehead atoms. The molecule has 3 aromatic carbocycles. The van der Waals surface area contributed by atoms with Gasteiger partial charge in [-0.15, -0.1) is 0 Å². The minimum atomic E-state index is -0.314. The topological polar surface area (TPSA) is 40.5 Å². The first-order valence-electron chi connectivity index (χ1n) is 9.59. The maximum absolute atomic E-state index is 13.8. The second kappa shape index (κ2) is 7.19. The minimum absolute atomic E-state index is 0.0953. The summed E-state index contributed by atoms with van der Waals surface area (Å²) in [5.74, 6) is 0.741. The molecule has 0 aliphatic carbocycles. The molecule has 2 heterocycles. The van der Waals surface area contributed by atoms with Gasteiger partial charge in [-0.1, -0.05) is 36.4 Å². The number of hydrogen-bond donors (Lipinski definition) is 0. The van der Waals surface area contributed by atoms with Crippen molar-refractivity contribution >= 4 is 22.8 Å². The number of hydrogen-bond acceptors (Lipinski definition) is 3. The van der Waals surface area contributed by atoms with Crippen LogP contribution in [0.4, 0.5) is 4.39 Å². The van der Waals surface area contributed by atoms with Gasteiger partial charge in [-0.3, -0.25) is 4.79 Å². The van der Waals surface area contributed by atoms with Gasteiger partial charge in [0.15, 0.2) is 5.76 Å². The molecule has 148 valence electrons. The first-order valence-corrected chi connectivity index (χ1v) is 9.59. The average molecular weight is 399 g/mol. The lowest BCUT2D eigenvalue weighted by Gasteiger charge is -2.08. The zero-order valence-corrected chi connectivity index (χ0v) is 16.3. The van der Waals surface area contributed by atoms with E-state index < -0.39 is 0 Å². The van der Waals surface area contributed by atoms with Crippen molar-refractivity contribution in [3.8, 4) is 11.5 Å². The molecule has 0 radical (unpaired) electrons. The van der Waals surface area contributed by atoms with Gasteiger partial charge in [0, 0.05) is 41.3 Å². The zero-order chi connectivity index (χ0) is 20.7. The summed E-state index contributed by atoms with van der Waals surface area (Å²) < 4.78 is 27.3. The lowest BCUT2D eigenvalue weighted by Crippen LogP contribution is -1.98. The molecular weight excluding hydrogens is 381 g/mol. The normalized spacial score (nSPS) is 14.2. The van der Waals surface area contributed by atoms with Gasteiger partial charge < -0.3 is 14.0 Å². The number of benzene rings is 3. The van der Waals surface area contributed by atoms with E-state index in [1.807, 2.05) is 42.1 Å². The minimum Gasteiger partial charge on any atom is -0.489 e. The van der Waals surface area contributed by atoms with E-state index >= 15 is 0 Å². The van der Waals surface area contributed by atoms with Crippen LogP contribution in [0.5, 0.6) is 11.5 Å². The number of carbonyl (C=O) groups is 1. The van der Waals surface area contributed by atoms with Gasteiger partial charge in [0.05, 0.1) is 5.56 Å². The Bertz CT molecular complexity index is 1320. The number of rotatable bonds is 4. The highest BCUT2D eigenvalue weighted by atomic mass is 19.1. The lowest BCUT2D eigenvalue weighted by molar-refractivity contribution is 0.101. The Morgan fingerprint density at radius 1 is 1.07 bits per heavy atom. The molecule has 4 nitrogen and oxygen atoms in total. The summed E-state index contributed by atoms with van der Waals surface area (Å²) in [5.41, 5.74) is 2.95. The van der Waals surface area contributed by atoms with Crippen molar-refractivity contribution in [3.63, 3.8) is 0 Å². The monoisotopic (exact) mass is 399 g/mol. The zero-order valence-electron chi connectivity index (χ0n) is 16.3. The molecule has 5 rings (SSSR count). The molecule has 0 spiro atoms. The Morgan fingerprint density at radius 2 is 1.87 bits per heavy atom. The van der Waals surface area contributed by atoms with Crippen LogP contribution in [0.3, 0.4) is 0 Å². The Morgan fingerprint density at radius 3 is 2.73 bits per heavy atom. The van der Waals surface area contributed by atoms with E-state index in [9.17, 15) is 9.18 Å². The van der Waals surface area contributed by atoms with Crippen LogP contribution < -0.4 is 9.47 Å². The van der Waals surface area contributed by atoms with Crippen molar-refractivity contribution < 1.29 is 18.7 Å². The lowest BCUT2D eigenvalue weighted by atomic mass is 10.1.